The number of amides is 1. The number of nitrogens with one attached hydrogen (secondary N) is 1. The van der Waals surface area contributed by atoms with Crippen molar-refractivity contribution in [3.8, 4) is 11.5 Å². The van der Waals surface area contributed by atoms with E-state index in [1.165, 1.54) is 12.1 Å². The summed E-state index contributed by atoms with van der Waals surface area (Å²) in [4.78, 5) is 34.5. The Kier molecular flexibility index (Phi) is 4.00. The Balaban J connectivity index is 1.61. The van der Waals surface area contributed by atoms with Gasteiger partial charge in [-0.3, -0.25) is 9.59 Å². The van der Waals surface area contributed by atoms with Crippen molar-refractivity contribution in [2.24, 2.45) is 0 Å². The van der Waals surface area contributed by atoms with E-state index in [1.54, 1.807) is 4.90 Å². The molecule has 0 atom stereocenters. The number of pyridine rings is 1. The fourth-order valence-corrected chi connectivity index (χ4v) is 3.09. The topological polar surface area (TPSA) is 95.3 Å². The summed E-state index contributed by atoms with van der Waals surface area (Å²) in [5.41, 5.74) is 1.09. The molecule has 1 aliphatic heterocycles. The number of rotatable bonds is 3. The smallest absolute Gasteiger partial charge is 0.266 e. The standard InChI is InChI=1S/C18H17N5O3/c1-2-16(25)22-7-9-23(10-8-22)18-20-17(26-21-18)13-11-15(24)19-14-6-4-3-5-12(13)14/h2-6,11H,1,7-10H2,(H,19,24). The lowest BCUT2D eigenvalue weighted by Crippen LogP contribution is -2.48. The van der Waals surface area contributed by atoms with E-state index in [0.717, 1.165) is 5.39 Å². The maximum absolute atomic E-state index is 11.9. The number of anilines is 1. The van der Waals surface area contributed by atoms with Crippen molar-refractivity contribution in [3.05, 3.63) is 53.3 Å². The molecule has 1 saturated heterocycles. The molecule has 0 radical (unpaired) electrons. The molecule has 0 spiro atoms. The molecule has 1 N–H and O–H groups in total. The van der Waals surface area contributed by atoms with Crippen molar-refractivity contribution in [3.63, 3.8) is 0 Å². The van der Waals surface area contributed by atoms with Gasteiger partial charge in [-0.15, -0.1) is 0 Å². The lowest BCUT2D eigenvalue weighted by molar-refractivity contribution is -0.126. The number of aromatic nitrogens is 3. The van der Waals surface area contributed by atoms with Gasteiger partial charge >= 0.3 is 0 Å². The normalized spacial score (nSPS) is 14.6. The molecule has 4 rings (SSSR count). The van der Waals surface area contributed by atoms with E-state index in [9.17, 15) is 9.59 Å². The van der Waals surface area contributed by atoms with Gasteiger partial charge in [0.25, 0.3) is 11.8 Å². The average molecular weight is 351 g/mol. The van der Waals surface area contributed by atoms with Crippen molar-refractivity contribution >= 4 is 22.8 Å². The first kappa shape index (κ1) is 16.1. The zero-order valence-electron chi connectivity index (χ0n) is 14.0. The summed E-state index contributed by atoms with van der Waals surface area (Å²) < 4.78 is 5.41. The van der Waals surface area contributed by atoms with Crippen LogP contribution < -0.4 is 10.5 Å². The number of carbonyl (C=O) groups excluding carboxylic acids is 1. The molecule has 1 aliphatic rings. The molecule has 1 amide bonds. The van der Waals surface area contributed by atoms with Gasteiger partial charge in [-0.1, -0.05) is 24.8 Å². The Morgan fingerprint density at radius 2 is 2.00 bits per heavy atom. The van der Waals surface area contributed by atoms with Crippen molar-refractivity contribution in [1.82, 2.24) is 20.0 Å². The van der Waals surface area contributed by atoms with Gasteiger partial charge in [0, 0.05) is 43.1 Å². The van der Waals surface area contributed by atoms with Crippen LogP contribution in [0.25, 0.3) is 22.4 Å². The number of fused-ring (bicyclic) bond motifs is 1. The van der Waals surface area contributed by atoms with Gasteiger partial charge in [-0.25, -0.2) is 0 Å². The lowest BCUT2D eigenvalue weighted by Gasteiger charge is -2.33. The summed E-state index contributed by atoms with van der Waals surface area (Å²) in [5, 5.41) is 4.88. The number of nitrogens with zero attached hydrogens (tertiary/aromatic N) is 4. The van der Waals surface area contributed by atoms with Crippen molar-refractivity contribution < 1.29 is 9.32 Å². The second kappa shape index (κ2) is 6.47. The Bertz CT molecular complexity index is 1030. The van der Waals surface area contributed by atoms with Gasteiger partial charge in [0.1, 0.15) is 0 Å². The average Bonchev–Trinajstić information content (AvgIpc) is 3.17. The monoisotopic (exact) mass is 351 g/mol. The Morgan fingerprint density at radius 1 is 1.23 bits per heavy atom. The molecule has 2 aromatic heterocycles. The highest BCUT2D eigenvalue weighted by molar-refractivity contribution is 5.92. The molecule has 1 aromatic carbocycles. The zero-order chi connectivity index (χ0) is 18.1. The van der Waals surface area contributed by atoms with Crippen molar-refractivity contribution in [1.29, 1.82) is 0 Å². The summed E-state index contributed by atoms with van der Waals surface area (Å²) in [7, 11) is 0. The quantitative estimate of drug-likeness (QED) is 0.717. The van der Waals surface area contributed by atoms with Crippen LogP contribution in [0, 0.1) is 0 Å². The number of para-hydroxylation sites is 1. The first-order valence-corrected chi connectivity index (χ1v) is 8.28. The molecule has 8 heteroatoms. The van der Waals surface area contributed by atoms with Crippen LogP contribution in [-0.2, 0) is 4.79 Å². The van der Waals surface area contributed by atoms with E-state index < -0.39 is 0 Å². The third-order valence-electron chi connectivity index (χ3n) is 4.45. The fourth-order valence-electron chi connectivity index (χ4n) is 3.09. The number of H-pyrrole nitrogens is 1. The van der Waals surface area contributed by atoms with E-state index in [4.69, 9.17) is 4.52 Å². The Morgan fingerprint density at radius 3 is 2.77 bits per heavy atom. The number of carbonyl (C=O) groups is 1. The van der Waals surface area contributed by atoms with Crippen LogP contribution in [0.1, 0.15) is 0 Å². The van der Waals surface area contributed by atoms with Gasteiger partial charge in [-0.2, -0.15) is 4.98 Å². The molecule has 8 nitrogen and oxygen atoms in total. The first-order chi connectivity index (χ1) is 12.7. The predicted octanol–water partition coefficient (Wildman–Crippen LogP) is 1.41. The molecule has 1 fully saturated rings. The molecule has 0 aliphatic carbocycles. The molecule has 26 heavy (non-hydrogen) atoms. The highest BCUT2D eigenvalue weighted by atomic mass is 16.5. The number of benzene rings is 1. The molecule has 0 unspecified atom stereocenters. The molecule has 3 aromatic rings. The molecule has 0 bridgehead atoms. The predicted molar refractivity (Wildman–Crippen MR) is 96.9 cm³/mol. The largest absolute Gasteiger partial charge is 0.336 e. The van der Waals surface area contributed by atoms with Gasteiger partial charge in [0.2, 0.25) is 11.5 Å². The van der Waals surface area contributed by atoms with Crippen LogP contribution in [0.15, 0.2) is 52.3 Å². The van der Waals surface area contributed by atoms with Crippen LogP contribution in [0.4, 0.5) is 5.95 Å². The Hall–Kier alpha value is -3.42. The van der Waals surface area contributed by atoms with Crippen molar-refractivity contribution in [2.45, 2.75) is 0 Å². The number of aromatic amines is 1. The van der Waals surface area contributed by atoms with Crippen LogP contribution >= 0.6 is 0 Å². The van der Waals surface area contributed by atoms with E-state index in [2.05, 4.69) is 21.7 Å². The lowest BCUT2D eigenvalue weighted by atomic mass is 10.1. The first-order valence-electron chi connectivity index (χ1n) is 8.28. The fraction of sp³-hybridized carbons (Fsp3) is 0.222. The second-order valence-corrected chi connectivity index (χ2v) is 6.01. The number of piperazine rings is 1. The summed E-state index contributed by atoms with van der Waals surface area (Å²) >= 11 is 0. The van der Waals surface area contributed by atoms with Crippen LogP contribution in [0.5, 0.6) is 0 Å². The van der Waals surface area contributed by atoms with Crippen LogP contribution in [0.2, 0.25) is 0 Å². The van der Waals surface area contributed by atoms with Crippen LogP contribution in [-0.4, -0.2) is 52.1 Å². The highest BCUT2D eigenvalue weighted by Crippen LogP contribution is 2.26. The molecule has 132 valence electrons. The van der Waals surface area contributed by atoms with Crippen LogP contribution in [0.3, 0.4) is 0 Å². The zero-order valence-corrected chi connectivity index (χ0v) is 14.0. The molecule has 0 saturated carbocycles. The van der Waals surface area contributed by atoms with Gasteiger partial charge in [0.05, 0.1) is 5.56 Å². The summed E-state index contributed by atoms with van der Waals surface area (Å²) in [6.07, 6.45) is 1.32. The second-order valence-electron chi connectivity index (χ2n) is 6.01. The van der Waals surface area contributed by atoms with Crippen molar-refractivity contribution in [2.75, 3.05) is 31.1 Å². The maximum Gasteiger partial charge on any atom is 0.266 e. The summed E-state index contributed by atoms with van der Waals surface area (Å²) in [6, 6.07) is 8.92. The third-order valence-corrected chi connectivity index (χ3v) is 4.45. The number of hydrogen-bond donors (Lipinski definition) is 1. The van der Waals surface area contributed by atoms with E-state index in [1.807, 2.05) is 29.2 Å². The summed E-state index contributed by atoms with van der Waals surface area (Å²) in [5.74, 6) is 0.676. The minimum Gasteiger partial charge on any atom is -0.336 e. The molecular weight excluding hydrogens is 334 g/mol. The number of hydrogen-bond acceptors (Lipinski definition) is 6. The summed E-state index contributed by atoms with van der Waals surface area (Å²) in [6.45, 7) is 5.87. The van der Waals surface area contributed by atoms with E-state index >= 15 is 0 Å². The maximum atomic E-state index is 11.9. The molecular formula is C18H17N5O3. The SMILES string of the molecule is C=CC(=O)N1CCN(c2noc(-c3cc(=O)[nH]c4ccccc34)n2)CC1. The minimum atomic E-state index is -0.227. The van der Waals surface area contributed by atoms with Gasteiger partial charge in [-0.05, 0) is 17.3 Å². The third kappa shape index (κ3) is 2.85. The van der Waals surface area contributed by atoms with E-state index in [0.29, 0.717) is 49.1 Å². The molecule has 3 heterocycles. The highest BCUT2D eigenvalue weighted by Gasteiger charge is 2.23. The van der Waals surface area contributed by atoms with E-state index in [-0.39, 0.29) is 11.5 Å². The minimum absolute atomic E-state index is 0.0755. The Labute approximate surface area is 148 Å². The van der Waals surface area contributed by atoms with Gasteiger partial charge < -0.3 is 19.3 Å². The van der Waals surface area contributed by atoms with Gasteiger partial charge in [0.15, 0.2) is 0 Å².